The average Bonchev–Trinajstić information content (AvgIpc) is 3.53. The quantitative estimate of drug-likeness (QED) is 0.603. The van der Waals surface area contributed by atoms with E-state index in [2.05, 4.69) is 24.3 Å². The van der Waals surface area contributed by atoms with Crippen LogP contribution in [0.5, 0.6) is 0 Å². The first kappa shape index (κ1) is 19.7. The fourth-order valence-corrected chi connectivity index (χ4v) is 4.52. The van der Waals surface area contributed by atoms with Gasteiger partial charge in [0.05, 0.1) is 24.3 Å². The van der Waals surface area contributed by atoms with Crippen LogP contribution in [-0.2, 0) is 11.2 Å². The summed E-state index contributed by atoms with van der Waals surface area (Å²) in [7, 11) is 0. The van der Waals surface area contributed by atoms with Crippen LogP contribution in [0.15, 0.2) is 48.7 Å². The van der Waals surface area contributed by atoms with Gasteiger partial charge in [0.2, 0.25) is 0 Å². The Hall–Kier alpha value is -2.25. The maximum absolute atomic E-state index is 14.8. The van der Waals surface area contributed by atoms with Crippen molar-refractivity contribution in [2.75, 3.05) is 6.61 Å². The molecule has 2 aromatic carbocycles. The highest BCUT2D eigenvalue weighted by Crippen LogP contribution is 2.40. The summed E-state index contributed by atoms with van der Waals surface area (Å²) in [4.78, 5) is 0. The van der Waals surface area contributed by atoms with Crippen molar-refractivity contribution in [2.24, 2.45) is 0 Å². The van der Waals surface area contributed by atoms with Crippen LogP contribution in [-0.4, -0.2) is 44.8 Å². The van der Waals surface area contributed by atoms with Gasteiger partial charge in [-0.3, -0.25) is 0 Å². The summed E-state index contributed by atoms with van der Waals surface area (Å²) in [5.74, 6) is 0.356. The first-order valence-corrected chi connectivity index (χ1v) is 10.5. The Morgan fingerprint density at radius 2 is 1.83 bits per heavy atom. The third-order valence-electron chi connectivity index (χ3n) is 6.31. The van der Waals surface area contributed by atoms with Crippen molar-refractivity contribution in [1.29, 1.82) is 0 Å². The number of rotatable bonds is 5. The van der Waals surface area contributed by atoms with Gasteiger partial charge in [-0.1, -0.05) is 30.3 Å². The summed E-state index contributed by atoms with van der Waals surface area (Å²) < 4.78 is 22.3. The molecule has 0 bridgehead atoms. The molecule has 0 amide bonds. The molecule has 1 saturated heterocycles. The highest BCUT2D eigenvalue weighted by molar-refractivity contribution is 5.85. The number of ether oxygens (including phenoxy) is 1. The van der Waals surface area contributed by atoms with Gasteiger partial charge in [-0.05, 0) is 54.0 Å². The first-order chi connectivity index (χ1) is 14.5. The second-order valence-corrected chi connectivity index (χ2v) is 8.51. The summed E-state index contributed by atoms with van der Waals surface area (Å²) in [5, 5.41) is 30.8. The third kappa shape index (κ3) is 3.54. The van der Waals surface area contributed by atoms with Gasteiger partial charge in [0.1, 0.15) is 11.9 Å². The van der Waals surface area contributed by atoms with Crippen LogP contribution in [0.25, 0.3) is 10.9 Å². The molecule has 1 aliphatic carbocycles. The molecule has 6 heteroatoms. The molecule has 3 N–H and O–H groups in total. The summed E-state index contributed by atoms with van der Waals surface area (Å²) in [6.07, 6.45) is 1.32. The largest absolute Gasteiger partial charge is 0.394 e. The lowest BCUT2D eigenvalue weighted by molar-refractivity contribution is -0.204. The number of aliphatic hydroxyl groups excluding tert-OH is 3. The van der Waals surface area contributed by atoms with Gasteiger partial charge < -0.3 is 24.6 Å². The van der Waals surface area contributed by atoms with E-state index in [0.717, 1.165) is 11.1 Å². The fraction of sp³-hybridized carbons (Fsp3) is 0.417. The van der Waals surface area contributed by atoms with Gasteiger partial charge in [0.15, 0.2) is 6.23 Å². The molecule has 2 aliphatic rings. The van der Waals surface area contributed by atoms with Crippen molar-refractivity contribution < 1.29 is 24.4 Å². The van der Waals surface area contributed by atoms with Crippen molar-refractivity contribution in [1.82, 2.24) is 4.57 Å². The SMILES string of the molecule is OCC1CC(O)[C@@H](O)[C@H](n2cc(Cc3ccc(C4CC4)cc3)c3c(F)cccc32)O1. The molecule has 2 fully saturated rings. The van der Waals surface area contributed by atoms with Crippen LogP contribution in [0, 0.1) is 5.82 Å². The van der Waals surface area contributed by atoms with E-state index in [9.17, 15) is 19.7 Å². The van der Waals surface area contributed by atoms with E-state index in [1.54, 1.807) is 22.9 Å². The maximum atomic E-state index is 14.8. The lowest BCUT2D eigenvalue weighted by Crippen LogP contribution is -2.46. The zero-order chi connectivity index (χ0) is 20.8. The molecule has 4 atom stereocenters. The van der Waals surface area contributed by atoms with Crippen molar-refractivity contribution in [2.45, 2.75) is 56.1 Å². The molecular weight excluding hydrogens is 385 g/mol. The molecule has 30 heavy (non-hydrogen) atoms. The van der Waals surface area contributed by atoms with Gasteiger partial charge in [-0.25, -0.2) is 4.39 Å². The Kier molecular flexibility index (Phi) is 5.11. The van der Waals surface area contributed by atoms with Crippen LogP contribution in [0.1, 0.15) is 48.1 Å². The van der Waals surface area contributed by atoms with Crippen LogP contribution in [0.3, 0.4) is 0 Å². The summed E-state index contributed by atoms with van der Waals surface area (Å²) in [6.45, 7) is -0.256. The van der Waals surface area contributed by atoms with Gasteiger partial charge in [-0.15, -0.1) is 0 Å². The third-order valence-corrected chi connectivity index (χ3v) is 6.31. The maximum Gasteiger partial charge on any atom is 0.163 e. The molecular formula is C24H26FNO4. The topological polar surface area (TPSA) is 74.9 Å². The molecule has 1 aromatic heterocycles. The van der Waals surface area contributed by atoms with Crippen LogP contribution < -0.4 is 0 Å². The Morgan fingerprint density at radius 3 is 2.53 bits per heavy atom. The Balaban J connectivity index is 1.53. The number of hydrogen-bond acceptors (Lipinski definition) is 4. The minimum atomic E-state index is -1.17. The fourth-order valence-electron chi connectivity index (χ4n) is 4.52. The molecule has 0 spiro atoms. The molecule has 1 aliphatic heterocycles. The van der Waals surface area contributed by atoms with Gasteiger partial charge >= 0.3 is 0 Å². The van der Waals surface area contributed by atoms with Crippen LogP contribution in [0.4, 0.5) is 4.39 Å². The lowest BCUT2D eigenvalue weighted by Gasteiger charge is -2.37. The molecule has 2 unspecified atom stereocenters. The second-order valence-electron chi connectivity index (χ2n) is 8.51. The Labute approximate surface area is 174 Å². The smallest absolute Gasteiger partial charge is 0.163 e. The van der Waals surface area contributed by atoms with E-state index in [-0.39, 0.29) is 18.8 Å². The molecule has 0 radical (unpaired) electrons. The Morgan fingerprint density at radius 1 is 1.07 bits per heavy atom. The molecule has 158 valence electrons. The molecule has 5 rings (SSSR count). The monoisotopic (exact) mass is 411 g/mol. The second kappa shape index (κ2) is 7.78. The molecule has 3 aromatic rings. The normalized spacial score (nSPS) is 26.9. The van der Waals surface area contributed by atoms with Crippen molar-refractivity contribution in [3.63, 3.8) is 0 Å². The van der Waals surface area contributed by atoms with E-state index in [1.807, 2.05) is 0 Å². The van der Waals surface area contributed by atoms with Crippen molar-refractivity contribution in [3.8, 4) is 0 Å². The van der Waals surface area contributed by atoms with E-state index in [1.165, 1.54) is 24.5 Å². The number of benzene rings is 2. The summed E-state index contributed by atoms with van der Waals surface area (Å²) >= 11 is 0. The Bertz CT molecular complexity index is 1040. The number of aromatic nitrogens is 1. The average molecular weight is 411 g/mol. The summed E-state index contributed by atoms with van der Waals surface area (Å²) in [5.41, 5.74) is 3.82. The zero-order valence-corrected chi connectivity index (χ0v) is 16.6. The number of fused-ring (bicyclic) bond motifs is 1. The standard InChI is InChI=1S/C24H26FNO4/c25-19-2-1-3-20-22(19)17(10-14-4-6-15(7-5-14)16-8-9-16)12-26(20)24-23(29)21(28)11-18(13-27)30-24/h1-7,12,16,18,21,23-24,27-29H,8-11,13H2/t18?,21?,23-,24-/m1/s1. The van der Waals surface area contributed by atoms with Gasteiger partial charge in [0, 0.05) is 18.0 Å². The number of aliphatic hydroxyl groups is 3. The first-order valence-electron chi connectivity index (χ1n) is 10.5. The van der Waals surface area contributed by atoms with Gasteiger partial charge in [0.25, 0.3) is 0 Å². The van der Waals surface area contributed by atoms with E-state index >= 15 is 0 Å². The minimum absolute atomic E-state index is 0.155. The lowest BCUT2D eigenvalue weighted by atomic mass is 10.0. The highest BCUT2D eigenvalue weighted by Gasteiger charge is 2.38. The zero-order valence-electron chi connectivity index (χ0n) is 16.6. The van der Waals surface area contributed by atoms with Crippen LogP contribution >= 0.6 is 0 Å². The predicted molar refractivity (Wildman–Crippen MR) is 111 cm³/mol. The molecule has 5 nitrogen and oxygen atoms in total. The van der Waals surface area contributed by atoms with E-state index in [4.69, 9.17) is 4.74 Å². The van der Waals surface area contributed by atoms with E-state index in [0.29, 0.717) is 23.2 Å². The molecule has 2 heterocycles. The summed E-state index contributed by atoms with van der Waals surface area (Å²) in [6, 6.07) is 13.3. The number of hydrogen-bond donors (Lipinski definition) is 3. The predicted octanol–water partition coefficient (Wildman–Crippen LogP) is 3.25. The van der Waals surface area contributed by atoms with Crippen molar-refractivity contribution in [3.05, 3.63) is 71.2 Å². The van der Waals surface area contributed by atoms with E-state index < -0.39 is 24.5 Å². The number of nitrogens with zero attached hydrogens (tertiary/aromatic N) is 1. The van der Waals surface area contributed by atoms with Crippen LogP contribution in [0.2, 0.25) is 0 Å². The van der Waals surface area contributed by atoms with Crippen molar-refractivity contribution >= 4 is 10.9 Å². The van der Waals surface area contributed by atoms with Gasteiger partial charge in [-0.2, -0.15) is 0 Å². The number of halogens is 1. The highest BCUT2D eigenvalue weighted by atomic mass is 19.1. The minimum Gasteiger partial charge on any atom is -0.394 e. The molecule has 1 saturated carbocycles.